The van der Waals surface area contributed by atoms with Crippen LogP contribution >= 0.6 is 11.6 Å². The molecular formula is C11H8ClNO4. The molecule has 0 radical (unpaired) electrons. The highest BCUT2D eigenvalue weighted by molar-refractivity contribution is 6.31. The van der Waals surface area contributed by atoms with Gasteiger partial charge in [-0.2, -0.15) is 0 Å². The van der Waals surface area contributed by atoms with Crippen molar-refractivity contribution in [1.82, 2.24) is 4.98 Å². The SMILES string of the molecule is COc1ccc(Cl)cc1-c1ocnc1C(=O)O. The van der Waals surface area contributed by atoms with Crippen molar-refractivity contribution in [1.29, 1.82) is 0 Å². The van der Waals surface area contributed by atoms with E-state index in [-0.39, 0.29) is 11.5 Å². The summed E-state index contributed by atoms with van der Waals surface area (Å²) in [6.07, 6.45) is 1.07. The summed E-state index contributed by atoms with van der Waals surface area (Å²) in [6.45, 7) is 0. The minimum absolute atomic E-state index is 0.122. The van der Waals surface area contributed by atoms with E-state index in [1.165, 1.54) is 7.11 Å². The topological polar surface area (TPSA) is 72.6 Å². The molecule has 1 aromatic heterocycles. The summed E-state index contributed by atoms with van der Waals surface area (Å²) >= 11 is 5.86. The molecule has 0 amide bonds. The predicted molar refractivity (Wildman–Crippen MR) is 60.5 cm³/mol. The summed E-state index contributed by atoms with van der Waals surface area (Å²) in [4.78, 5) is 14.6. The maximum absolute atomic E-state index is 10.9. The predicted octanol–water partition coefficient (Wildman–Crippen LogP) is 2.70. The van der Waals surface area contributed by atoms with Crippen LogP contribution in [0.4, 0.5) is 0 Å². The zero-order chi connectivity index (χ0) is 12.4. The van der Waals surface area contributed by atoms with Gasteiger partial charge in [0, 0.05) is 5.02 Å². The average molecular weight is 254 g/mol. The Morgan fingerprint density at radius 3 is 2.94 bits per heavy atom. The van der Waals surface area contributed by atoms with Crippen LogP contribution in [-0.4, -0.2) is 23.2 Å². The summed E-state index contributed by atoms with van der Waals surface area (Å²) in [5.74, 6) is -0.582. The summed E-state index contributed by atoms with van der Waals surface area (Å²) in [5.41, 5.74) is 0.278. The van der Waals surface area contributed by atoms with Crippen LogP contribution in [0.2, 0.25) is 5.02 Å². The number of nitrogens with zero attached hydrogens (tertiary/aromatic N) is 1. The number of oxazole rings is 1. The number of ether oxygens (including phenoxy) is 1. The number of hydrogen-bond donors (Lipinski definition) is 1. The molecule has 5 nitrogen and oxygen atoms in total. The van der Waals surface area contributed by atoms with E-state index in [1.807, 2.05) is 0 Å². The Bertz CT molecular complexity index is 564. The fourth-order valence-electron chi connectivity index (χ4n) is 1.45. The summed E-state index contributed by atoms with van der Waals surface area (Å²) in [6, 6.07) is 4.83. The molecule has 0 fully saturated rings. The van der Waals surface area contributed by atoms with Gasteiger partial charge >= 0.3 is 5.97 Å². The van der Waals surface area contributed by atoms with Crippen molar-refractivity contribution in [3.05, 3.63) is 35.3 Å². The molecule has 0 unspecified atom stereocenters. The fourth-order valence-corrected chi connectivity index (χ4v) is 1.62. The quantitative estimate of drug-likeness (QED) is 0.910. The first-order valence-electron chi connectivity index (χ1n) is 4.64. The number of carboxylic acids is 1. The molecule has 0 bridgehead atoms. The third kappa shape index (κ3) is 2.09. The Labute approximate surface area is 102 Å². The molecule has 2 rings (SSSR count). The number of carboxylic acid groups (broad SMARTS) is 1. The largest absolute Gasteiger partial charge is 0.496 e. The van der Waals surface area contributed by atoms with E-state index < -0.39 is 5.97 Å². The lowest BCUT2D eigenvalue weighted by Crippen LogP contribution is -1.99. The Morgan fingerprint density at radius 2 is 2.29 bits per heavy atom. The van der Waals surface area contributed by atoms with Crippen molar-refractivity contribution in [3.63, 3.8) is 0 Å². The van der Waals surface area contributed by atoms with Crippen LogP contribution in [0.25, 0.3) is 11.3 Å². The van der Waals surface area contributed by atoms with Gasteiger partial charge in [-0.25, -0.2) is 9.78 Å². The van der Waals surface area contributed by atoms with E-state index in [0.717, 1.165) is 6.39 Å². The third-order valence-corrected chi connectivity index (χ3v) is 2.41. The summed E-state index contributed by atoms with van der Waals surface area (Å²) < 4.78 is 10.2. The number of benzene rings is 1. The van der Waals surface area contributed by atoms with Crippen molar-refractivity contribution in [2.24, 2.45) is 0 Å². The highest BCUT2D eigenvalue weighted by Crippen LogP contribution is 2.34. The lowest BCUT2D eigenvalue weighted by molar-refractivity contribution is 0.0691. The summed E-state index contributed by atoms with van der Waals surface area (Å²) in [5, 5.41) is 9.40. The number of carbonyl (C=O) groups is 1. The average Bonchev–Trinajstić information content (AvgIpc) is 2.77. The highest BCUT2D eigenvalue weighted by atomic mass is 35.5. The lowest BCUT2D eigenvalue weighted by Gasteiger charge is -2.06. The molecule has 0 saturated heterocycles. The van der Waals surface area contributed by atoms with Crippen LogP contribution in [0.1, 0.15) is 10.5 Å². The zero-order valence-electron chi connectivity index (χ0n) is 8.81. The molecule has 1 N–H and O–H groups in total. The molecule has 0 aliphatic heterocycles. The lowest BCUT2D eigenvalue weighted by atomic mass is 10.1. The molecular weight excluding hydrogens is 246 g/mol. The van der Waals surface area contributed by atoms with E-state index in [9.17, 15) is 4.79 Å². The molecule has 1 heterocycles. The first-order chi connectivity index (χ1) is 8.13. The number of methoxy groups -OCH3 is 1. The van der Waals surface area contributed by atoms with E-state index in [1.54, 1.807) is 18.2 Å². The van der Waals surface area contributed by atoms with Gasteiger partial charge in [0.25, 0.3) is 0 Å². The third-order valence-electron chi connectivity index (χ3n) is 2.18. The van der Waals surface area contributed by atoms with Crippen molar-refractivity contribution in [3.8, 4) is 17.1 Å². The number of rotatable bonds is 3. The molecule has 0 aliphatic carbocycles. The molecule has 0 aliphatic rings. The van der Waals surface area contributed by atoms with Gasteiger partial charge in [0.2, 0.25) is 0 Å². The van der Waals surface area contributed by atoms with Gasteiger partial charge in [0.15, 0.2) is 17.8 Å². The smallest absolute Gasteiger partial charge is 0.358 e. The fraction of sp³-hybridized carbons (Fsp3) is 0.0909. The summed E-state index contributed by atoms with van der Waals surface area (Å²) in [7, 11) is 1.48. The minimum atomic E-state index is -1.17. The number of aromatic carboxylic acids is 1. The first-order valence-corrected chi connectivity index (χ1v) is 5.02. The van der Waals surface area contributed by atoms with Crippen LogP contribution < -0.4 is 4.74 Å². The van der Waals surface area contributed by atoms with Gasteiger partial charge < -0.3 is 14.3 Å². The maximum atomic E-state index is 10.9. The van der Waals surface area contributed by atoms with Crippen LogP contribution in [0.5, 0.6) is 5.75 Å². The number of hydrogen-bond acceptors (Lipinski definition) is 4. The monoisotopic (exact) mass is 253 g/mol. The minimum Gasteiger partial charge on any atom is -0.496 e. The first kappa shape index (κ1) is 11.5. The molecule has 88 valence electrons. The molecule has 17 heavy (non-hydrogen) atoms. The van der Waals surface area contributed by atoms with Crippen LogP contribution in [0.15, 0.2) is 29.0 Å². The molecule has 0 spiro atoms. The van der Waals surface area contributed by atoms with Gasteiger partial charge in [-0.15, -0.1) is 0 Å². The molecule has 0 atom stereocenters. The van der Waals surface area contributed by atoms with Crippen LogP contribution in [0.3, 0.4) is 0 Å². The van der Waals surface area contributed by atoms with Crippen molar-refractivity contribution in [2.45, 2.75) is 0 Å². The normalized spacial score (nSPS) is 10.2. The molecule has 2 aromatic rings. The van der Waals surface area contributed by atoms with Gasteiger partial charge in [0.1, 0.15) is 5.75 Å². The second-order valence-corrected chi connectivity index (χ2v) is 3.62. The Balaban J connectivity index is 2.63. The van der Waals surface area contributed by atoms with Gasteiger partial charge in [-0.3, -0.25) is 0 Å². The van der Waals surface area contributed by atoms with Gasteiger partial charge in [-0.1, -0.05) is 11.6 Å². The van der Waals surface area contributed by atoms with Crippen molar-refractivity contribution >= 4 is 17.6 Å². The van der Waals surface area contributed by atoms with Crippen molar-refractivity contribution < 1.29 is 19.1 Å². The van der Waals surface area contributed by atoms with Crippen LogP contribution in [-0.2, 0) is 0 Å². The highest BCUT2D eigenvalue weighted by Gasteiger charge is 2.20. The van der Waals surface area contributed by atoms with E-state index in [0.29, 0.717) is 16.3 Å². The van der Waals surface area contributed by atoms with E-state index in [4.69, 9.17) is 25.9 Å². The second kappa shape index (κ2) is 4.47. The van der Waals surface area contributed by atoms with E-state index >= 15 is 0 Å². The molecule has 0 saturated carbocycles. The zero-order valence-corrected chi connectivity index (χ0v) is 9.56. The van der Waals surface area contributed by atoms with Gasteiger partial charge in [0.05, 0.1) is 12.7 Å². The number of aromatic nitrogens is 1. The Kier molecular flexibility index (Phi) is 3.01. The number of halogens is 1. The van der Waals surface area contributed by atoms with Crippen LogP contribution in [0, 0.1) is 0 Å². The van der Waals surface area contributed by atoms with Gasteiger partial charge in [-0.05, 0) is 18.2 Å². The standard InChI is InChI=1S/C11H8ClNO4/c1-16-8-3-2-6(12)4-7(8)10-9(11(14)15)13-5-17-10/h2-5H,1H3,(H,14,15). The Hall–Kier alpha value is -2.01. The van der Waals surface area contributed by atoms with E-state index in [2.05, 4.69) is 4.98 Å². The maximum Gasteiger partial charge on any atom is 0.358 e. The molecule has 6 heteroatoms. The molecule has 1 aromatic carbocycles. The van der Waals surface area contributed by atoms with Crippen molar-refractivity contribution in [2.75, 3.05) is 7.11 Å². The second-order valence-electron chi connectivity index (χ2n) is 3.18. The Morgan fingerprint density at radius 1 is 1.53 bits per heavy atom.